The van der Waals surface area contributed by atoms with E-state index in [1.165, 1.54) is 0 Å². The van der Waals surface area contributed by atoms with Gasteiger partial charge in [-0.1, -0.05) is 6.42 Å². The smallest absolute Gasteiger partial charge is 0.307 e. The molecule has 2 unspecified atom stereocenters. The second-order valence-electron chi connectivity index (χ2n) is 4.98. The Morgan fingerprint density at radius 2 is 2.21 bits per heavy atom. The van der Waals surface area contributed by atoms with Gasteiger partial charge in [0.15, 0.2) is 0 Å². The van der Waals surface area contributed by atoms with Crippen molar-refractivity contribution < 1.29 is 14.7 Å². The van der Waals surface area contributed by atoms with Crippen molar-refractivity contribution in [2.45, 2.75) is 25.7 Å². The van der Waals surface area contributed by atoms with Gasteiger partial charge in [-0.2, -0.15) is 0 Å². The first-order valence-electron chi connectivity index (χ1n) is 6.56. The first kappa shape index (κ1) is 13.6. The van der Waals surface area contributed by atoms with Crippen molar-refractivity contribution in [3.05, 3.63) is 18.2 Å². The number of rotatable bonds is 5. The number of hydrogen-bond acceptors (Lipinski definition) is 3. The van der Waals surface area contributed by atoms with Crippen LogP contribution in [0.3, 0.4) is 0 Å². The van der Waals surface area contributed by atoms with Crippen LogP contribution in [0.25, 0.3) is 0 Å². The lowest BCUT2D eigenvalue weighted by Gasteiger charge is -2.15. The molecule has 0 radical (unpaired) electrons. The summed E-state index contributed by atoms with van der Waals surface area (Å²) in [7, 11) is 1.90. The monoisotopic (exact) mass is 265 g/mol. The standard InChI is InChI=1S/C13H19N3O3/c1-16-8-7-14-11(16)5-6-15-12(17)9-3-2-4-10(9)13(18)19/h7-10H,2-6H2,1H3,(H,15,17)(H,18,19). The fourth-order valence-electron chi connectivity index (χ4n) is 2.64. The molecule has 1 amide bonds. The zero-order valence-corrected chi connectivity index (χ0v) is 11.0. The molecule has 2 N–H and O–H groups in total. The summed E-state index contributed by atoms with van der Waals surface area (Å²) in [5.41, 5.74) is 0. The molecule has 0 saturated heterocycles. The molecule has 104 valence electrons. The van der Waals surface area contributed by atoms with Gasteiger partial charge in [-0.15, -0.1) is 0 Å². The molecule has 0 spiro atoms. The maximum absolute atomic E-state index is 12.0. The Hall–Kier alpha value is -1.85. The van der Waals surface area contributed by atoms with Crippen LogP contribution in [0.2, 0.25) is 0 Å². The van der Waals surface area contributed by atoms with Crippen molar-refractivity contribution >= 4 is 11.9 Å². The summed E-state index contributed by atoms with van der Waals surface area (Å²) in [5.74, 6) is -0.991. The van der Waals surface area contributed by atoms with E-state index in [4.69, 9.17) is 5.11 Å². The molecule has 1 fully saturated rings. The van der Waals surface area contributed by atoms with Gasteiger partial charge in [0.2, 0.25) is 5.91 Å². The van der Waals surface area contributed by atoms with E-state index in [1.54, 1.807) is 6.20 Å². The van der Waals surface area contributed by atoms with Crippen LogP contribution < -0.4 is 5.32 Å². The quantitative estimate of drug-likeness (QED) is 0.815. The van der Waals surface area contributed by atoms with Crippen molar-refractivity contribution in [3.8, 4) is 0 Å². The van der Waals surface area contributed by atoms with Gasteiger partial charge in [-0.3, -0.25) is 9.59 Å². The third-order valence-electron chi connectivity index (χ3n) is 3.74. The summed E-state index contributed by atoms with van der Waals surface area (Å²) in [5, 5.41) is 11.9. The number of carbonyl (C=O) groups excluding carboxylic acids is 1. The number of carboxylic acid groups (broad SMARTS) is 1. The number of aryl methyl sites for hydroxylation is 1. The fourth-order valence-corrected chi connectivity index (χ4v) is 2.64. The van der Waals surface area contributed by atoms with E-state index in [1.807, 2.05) is 17.8 Å². The van der Waals surface area contributed by atoms with Gasteiger partial charge in [0, 0.05) is 32.4 Å². The summed E-state index contributed by atoms with van der Waals surface area (Å²) >= 11 is 0. The summed E-state index contributed by atoms with van der Waals surface area (Å²) in [6.07, 6.45) is 6.31. The maximum Gasteiger partial charge on any atom is 0.307 e. The molecule has 2 rings (SSSR count). The number of carbonyl (C=O) groups is 2. The Labute approximate surface area is 111 Å². The third-order valence-corrected chi connectivity index (χ3v) is 3.74. The van der Waals surface area contributed by atoms with E-state index in [0.717, 1.165) is 12.2 Å². The molecule has 1 aromatic rings. The van der Waals surface area contributed by atoms with E-state index in [9.17, 15) is 9.59 Å². The lowest BCUT2D eigenvalue weighted by molar-refractivity contribution is -0.146. The van der Waals surface area contributed by atoms with Crippen LogP contribution in [0.15, 0.2) is 12.4 Å². The Kier molecular flexibility index (Phi) is 4.19. The molecule has 1 aromatic heterocycles. The highest BCUT2D eigenvalue weighted by atomic mass is 16.4. The molecule has 19 heavy (non-hydrogen) atoms. The van der Waals surface area contributed by atoms with Crippen LogP contribution in [0.4, 0.5) is 0 Å². The van der Waals surface area contributed by atoms with Crippen LogP contribution in [0.5, 0.6) is 0 Å². The number of amides is 1. The van der Waals surface area contributed by atoms with Crippen LogP contribution >= 0.6 is 0 Å². The van der Waals surface area contributed by atoms with E-state index in [2.05, 4.69) is 10.3 Å². The second-order valence-corrected chi connectivity index (χ2v) is 4.98. The molecule has 0 aromatic carbocycles. The molecule has 1 aliphatic carbocycles. The fraction of sp³-hybridized carbons (Fsp3) is 0.615. The summed E-state index contributed by atoms with van der Waals surface area (Å²) in [6, 6.07) is 0. The van der Waals surface area contributed by atoms with Crippen molar-refractivity contribution in [2.75, 3.05) is 6.54 Å². The number of aromatic nitrogens is 2. The van der Waals surface area contributed by atoms with Crippen LogP contribution in [0, 0.1) is 11.8 Å². The zero-order valence-electron chi connectivity index (χ0n) is 11.0. The lowest BCUT2D eigenvalue weighted by atomic mass is 9.95. The van der Waals surface area contributed by atoms with Crippen molar-refractivity contribution in [1.82, 2.24) is 14.9 Å². The number of imidazole rings is 1. The van der Waals surface area contributed by atoms with Gasteiger partial charge < -0.3 is 15.0 Å². The molecule has 6 nitrogen and oxygen atoms in total. The van der Waals surface area contributed by atoms with Gasteiger partial charge in [0.25, 0.3) is 0 Å². The predicted molar refractivity (Wildman–Crippen MR) is 68.4 cm³/mol. The largest absolute Gasteiger partial charge is 0.481 e. The van der Waals surface area contributed by atoms with Crippen molar-refractivity contribution in [3.63, 3.8) is 0 Å². The minimum Gasteiger partial charge on any atom is -0.481 e. The van der Waals surface area contributed by atoms with E-state index in [0.29, 0.717) is 25.8 Å². The van der Waals surface area contributed by atoms with Crippen LogP contribution in [-0.2, 0) is 23.1 Å². The molecule has 2 atom stereocenters. The van der Waals surface area contributed by atoms with Gasteiger partial charge in [0.1, 0.15) is 5.82 Å². The summed E-state index contributed by atoms with van der Waals surface area (Å²) < 4.78 is 1.90. The third kappa shape index (κ3) is 3.13. The van der Waals surface area contributed by atoms with Gasteiger partial charge in [-0.05, 0) is 12.8 Å². The molecule has 0 bridgehead atoms. The van der Waals surface area contributed by atoms with Gasteiger partial charge in [0.05, 0.1) is 11.8 Å². The van der Waals surface area contributed by atoms with Crippen molar-refractivity contribution in [2.24, 2.45) is 18.9 Å². The lowest BCUT2D eigenvalue weighted by Crippen LogP contribution is -2.36. The first-order chi connectivity index (χ1) is 9.09. The second kappa shape index (κ2) is 5.86. The molecule has 6 heteroatoms. The zero-order chi connectivity index (χ0) is 13.8. The average molecular weight is 265 g/mol. The molecular weight excluding hydrogens is 246 g/mol. The highest BCUT2D eigenvalue weighted by Gasteiger charge is 2.37. The number of carboxylic acids is 1. The van der Waals surface area contributed by atoms with E-state index >= 15 is 0 Å². The number of nitrogens with one attached hydrogen (secondary N) is 1. The van der Waals surface area contributed by atoms with E-state index < -0.39 is 11.9 Å². The minimum absolute atomic E-state index is 0.140. The molecule has 1 saturated carbocycles. The molecular formula is C13H19N3O3. The number of aliphatic carboxylic acids is 1. The predicted octanol–water partition coefficient (Wildman–Crippen LogP) is 0.580. The number of hydrogen-bond donors (Lipinski definition) is 2. The maximum atomic E-state index is 12.0. The SMILES string of the molecule is Cn1ccnc1CCNC(=O)C1CCCC1C(=O)O. The molecule has 1 aliphatic rings. The number of nitrogens with zero attached hydrogens (tertiary/aromatic N) is 2. The highest BCUT2D eigenvalue weighted by Crippen LogP contribution is 2.31. The topological polar surface area (TPSA) is 84.2 Å². The summed E-state index contributed by atoms with van der Waals surface area (Å²) in [4.78, 5) is 27.2. The minimum atomic E-state index is -0.859. The highest BCUT2D eigenvalue weighted by molar-refractivity contribution is 5.85. The molecule has 1 heterocycles. The Morgan fingerprint density at radius 1 is 1.47 bits per heavy atom. The molecule has 0 aliphatic heterocycles. The first-order valence-corrected chi connectivity index (χ1v) is 6.56. The van der Waals surface area contributed by atoms with Crippen LogP contribution in [0.1, 0.15) is 25.1 Å². The normalized spacial score (nSPS) is 22.4. The van der Waals surface area contributed by atoms with Crippen molar-refractivity contribution in [1.29, 1.82) is 0 Å². The Morgan fingerprint density at radius 3 is 2.84 bits per heavy atom. The van der Waals surface area contributed by atoms with E-state index in [-0.39, 0.29) is 11.8 Å². The van der Waals surface area contributed by atoms with Gasteiger partial charge in [-0.25, -0.2) is 4.98 Å². The Bertz CT molecular complexity index is 469. The van der Waals surface area contributed by atoms with Gasteiger partial charge >= 0.3 is 5.97 Å². The summed E-state index contributed by atoms with van der Waals surface area (Å²) in [6.45, 7) is 0.493. The average Bonchev–Trinajstić information content (AvgIpc) is 2.98. The van der Waals surface area contributed by atoms with Crippen LogP contribution in [-0.4, -0.2) is 33.1 Å². The Balaban J connectivity index is 1.81.